The molecule has 6 nitrogen and oxygen atoms in total. The number of rotatable bonds is 7. The second-order valence-electron chi connectivity index (χ2n) is 8.16. The number of carbonyl (C=O) groups excluding carboxylic acids is 2. The van der Waals surface area contributed by atoms with Crippen molar-refractivity contribution < 1.29 is 19.1 Å². The number of carbonyl (C=O) groups is 2. The Kier molecular flexibility index (Phi) is 7.10. The summed E-state index contributed by atoms with van der Waals surface area (Å²) in [5.41, 5.74) is 3.25. The van der Waals surface area contributed by atoms with E-state index in [1.54, 1.807) is 30.3 Å². The lowest BCUT2D eigenvalue weighted by molar-refractivity contribution is -0.123. The minimum Gasteiger partial charge on any atom is -0.484 e. The summed E-state index contributed by atoms with van der Waals surface area (Å²) in [5.74, 6) is -0.155. The van der Waals surface area contributed by atoms with E-state index in [0.717, 1.165) is 21.5 Å². The molecule has 0 aromatic heterocycles. The molecule has 0 unspecified atom stereocenters. The third kappa shape index (κ3) is 5.60. The number of benzene rings is 5. The Bertz CT molecular complexity index is 1650. The van der Waals surface area contributed by atoms with E-state index in [2.05, 4.69) is 10.5 Å². The molecule has 5 aromatic rings. The van der Waals surface area contributed by atoms with E-state index in [0.29, 0.717) is 16.3 Å². The number of hydrazone groups is 1. The second-order valence-corrected chi connectivity index (χ2v) is 8.57. The van der Waals surface area contributed by atoms with Gasteiger partial charge in [-0.3, -0.25) is 4.79 Å². The summed E-state index contributed by atoms with van der Waals surface area (Å²) in [6.07, 6.45) is 1.45. The van der Waals surface area contributed by atoms with Crippen LogP contribution in [0.1, 0.15) is 15.9 Å². The van der Waals surface area contributed by atoms with Crippen LogP contribution in [-0.4, -0.2) is 24.7 Å². The topological polar surface area (TPSA) is 77.0 Å². The van der Waals surface area contributed by atoms with Gasteiger partial charge in [-0.25, -0.2) is 10.2 Å². The number of hydrogen-bond donors (Lipinski definition) is 1. The Hall–Kier alpha value is -4.68. The van der Waals surface area contributed by atoms with Crippen molar-refractivity contribution in [3.63, 3.8) is 0 Å². The number of nitrogens with one attached hydrogen (secondary N) is 1. The Balaban J connectivity index is 1.31. The lowest BCUT2D eigenvalue weighted by Crippen LogP contribution is -2.24. The highest BCUT2D eigenvalue weighted by Gasteiger charge is 2.16. The number of halogens is 1. The first-order valence-corrected chi connectivity index (χ1v) is 11.9. The molecular weight excluding hydrogens is 488 g/mol. The third-order valence-corrected chi connectivity index (χ3v) is 6.03. The molecule has 0 atom stereocenters. The average molecular weight is 509 g/mol. The molecule has 0 heterocycles. The van der Waals surface area contributed by atoms with Gasteiger partial charge in [0.1, 0.15) is 11.5 Å². The predicted molar refractivity (Wildman–Crippen MR) is 146 cm³/mol. The van der Waals surface area contributed by atoms with Crippen LogP contribution in [0.5, 0.6) is 11.5 Å². The van der Waals surface area contributed by atoms with Crippen LogP contribution in [0.15, 0.2) is 108 Å². The van der Waals surface area contributed by atoms with Crippen LogP contribution >= 0.6 is 11.6 Å². The molecule has 0 fully saturated rings. The lowest BCUT2D eigenvalue weighted by Gasteiger charge is -2.11. The molecule has 7 heteroatoms. The SMILES string of the molecule is O=C(COc1ccc2ccccc2c1)N/N=C/c1c(OC(=O)c2ccccc2Cl)ccc2ccccc12. The molecule has 0 saturated carbocycles. The van der Waals surface area contributed by atoms with E-state index in [-0.39, 0.29) is 17.9 Å². The van der Waals surface area contributed by atoms with Crippen molar-refractivity contribution in [3.05, 3.63) is 119 Å². The monoisotopic (exact) mass is 508 g/mol. The largest absolute Gasteiger partial charge is 0.484 e. The summed E-state index contributed by atoms with van der Waals surface area (Å²) in [6, 6.07) is 31.3. The number of esters is 1. The highest BCUT2D eigenvalue weighted by molar-refractivity contribution is 6.33. The maximum absolute atomic E-state index is 12.8. The molecular formula is C30H21ClN2O4. The summed E-state index contributed by atoms with van der Waals surface area (Å²) >= 11 is 6.15. The molecule has 0 aliphatic rings. The number of nitrogens with zero attached hydrogens (tertiary/aromatic N) is 1. The van der Waals surface area contributed by atoms with E-state index >= 15 is 0 Å². The summed E-state index contributed by atoms with van der Waals surface area (Å²) < 4.78 is 11.3. The summed E-state index contributed by atoms with van der Waals surface area (Å²) in [7, 11) is 0. The zero-order valence-corrected chi connectivity index (χ0v) is 20.3. The zero-order chi connectivity index (χ0) is 25.6. The lowest BCUT2D eigenvalue weighted by atomic mass is 10.0. The minimum atomic E-state index is -0.594. The van der Waals surface area contributed by atoms with Crippen LogP contribution in [0.3, 0.4) is 0 Å². The van der Waals surface area contributed by atoms with Crippen molar-refractivity contribution in [1.82, 2.24) is 5.43 Å². The Morgan fingerprint density at radius 2 is 1.51 bits per heavy atom. The van der Waals surface area contributed by atoms with Gasteiger partial charge in [0.05, 0.1) is 16.8 Å². The molecule has 1 amide bonds. The van der Waals surface area contributed by atoms with E-state index in [9.17, 15) is 9.59 Å². The van der Waals surface area contributed by atoms with Crippen LogP contribution in [0.25, 0.3) is 21.5 Å². The normalized spacial score (nSPS) is 11.1. The van der Waals surface area contributed by atoms with Gasteiger partial charge < -0.3 is 9.47 Å². The number of ether oxygens (including phenoxy) is 2. The van der Waals surface area contributed by atoms with Crippen LogP contribution < -0.4 is 14.9 Å². The van der Waals surface area contributed by atoms with Crippen molar-refractivity contribution in [2.24, 2.45) is 5.10 Å². The maximum atomic E-state index is 12.8. The van der Waals surface area contributed by atoms with Crippen molar-refractivity contribution in [2.75, 3.05) is 6.61 Å². The zero-order valence-electron chi connectivity index (χ0n) is 19.6. The van der Waals surface area contributed by atoms with Gasteiger partial charge in [-0.2, -0.15) is 5.10 Å². The molecule has 0 aliphatic heterocycles. The van der Waals surface area contributed by atoms with E-state index in [1.807, 2.05) is 72.8 Å². The summed E-state index contributed by atoms with van der Waals surface area (Å²) in [5, 5.41) is 8.22. The number of fused-ring (bicyclic) bond motifs is 2. The average Bonchev–Trinajstić information content (AvgIpc) is 2.93. The highest BCUT2D eigenvalue weighted by Crippen LogP contribution is 2.28. The standard InChI is InChI=1S/C30H21ClN2O4/c31-27-12-6-5-11-25(27)30(35)37-28-16-14-21-8-3-4-10-24(21)26(28)18-32-33-29(34)19-36-23-15-13-20-7-1-2-9-22(20)17-23/h1-18H,19H2,(H,33,34)/b32-18+. The number of amides is 1. The maximum Gasteiger partial charge on any atom is 0.345 e. The molecule has 5 aromatic carbocycles. The summed E-state index contributed by atoms with van der Waals surface area (Å²) in [4.78, 5) is 25.1. The van der Waals surface area contributed by atoms with Crippen LogP contribution in [0, 0.1) is 0 Å². The molecule has 0 spiro atoms. The molecule has 5 rings (SSSR count). The molecule has 37 heavy (non-hydrogen) atoms. The van der Waals surface area contributed by atoms with Gasteiger partial charge in [0.25, 0.3) is 5.91 Å². The van der Waals surface area contributed by atoms with Crippen molar-refractivity contribution in [2.45, 2.75) is 0 Å². The van der Waals surface area contributed by atoms with Crippen molar-refractivity contribution in [1.29, 1.82) is 0 Å². The predicted octanol–water partition coefficient (Wildman–Crippen LogP) is 6.39. The van der Waals surface area contributed by atoms with E-state index < -0.39 is 11.9 Å². The van der Waals surface area contributed by atoms with Gasteiger partial charge in [0.2, 0.25) is 0 Å². The molecule has 0 aliphatic carbocycles. The van der Waals surface area contributed by atoms with Gasteiger partial charge in [0, 0.05) is 5.56 Å². The molecule has 0 saturated heterocycles. The fourth-order valence-corrected chi connectivity index (χ4v) is 4.10. The Morgan fingerprint density at radius 1 is 0.811 bits per heavy atom. The van der Waals surface area contributed by atoms with Gasteiger partial charge in [0.15, 0.2) is 6.61 Å². The number of hydrogen-bond acceptors (Lipinski definition) is 5. The fourth-order valence-electron chi connectivity index (χ4n) is 3.89. The van der Waals surface area contributed by atoms with Crippen molar-refractivity contribution in [3.8, 4) is 11.5 Å². The van der Waals surface area contributed by atoms with Crippen LogP contribution in [0.2, 0.25) is 5.02 Å². The first kappa shape index (κ1) is 24.0. The van der Waals surface area contributed by atoms with Gasteiger partial charge in [-0.05, 0) is 51.9 Å². The molecule has 0 radical (unpaired) electrons. The van der Waals surface area contributed by atoms with Gasteiger partial charge in [-0.15, -0.1) is 0 Å². The minimum absolute atomic E-state index is 0.209. The molecule has 0 bridgehead atoms. The van der Waals surface area contributed by atoms with Crippen LogP contribution in [0.4, 0.5) is 0 Å². The quantitative estimate of drug-likeness (QED) is 0.119. The van der Waals surface area contributed by atoms with Crippen LogP contribution in [-0.2, 0) is 4.79 Å². The molecule has 182 valence electrons. The summed E-state index contributed by atoms with van der Waals surface area (Å²) in [6.45, 7) is -0.209. The van der Waals surface area contributed by atoms with Crippen molar-refractivity contribution >= 4 is 51.2 Å². The van der Waals surface area contributed by atoms with E-state index in [4.69, 9.17) is 21.1 Å². The highest BCUT2D eigenvalue weighted by atomic mass is 35.5. The van der Waals surface area contributed by atoms with Gasteiger partial charge in [-0.1, -0.05) is 84.4 Å². The fraction of sp³-hybridized carbons (Fsp3) is 0.0333. The smallest absolute Gasteiger partial charge is 0.345 e. The Morgan fingerprint density at radius 3 is 2.35 bits per heavy atom. The first-order chi connectivity index (χ1) is 18.1. The Labute approximate surface area is 218 Å². The second kappa shape index (κ2) is 10.9. The molecule has 1 N–H and O–H groups in total. The third-order valence-electron chi connectivity index (χ3n) is 5.70. The first-order valence-electron chi connectivity index (χ1n) is 11.5. The van der Waals surface area contributed by atoms with Gasteiger partial charge >= 0.3 is 5.97 Å². The van der Waals surface area contributed by atoms with E-state index in [1.165, 1.54) is 6.21 Å².